The van der Waals surface area contributed by atoms with Gasteiger partial charge in [0.2, 0.25) is 23.7 Å². The molecule has 0 bridgehead atoms. The number of piperidine rings is 1. The predicted octanol–water partition coefficient (Wildman–Crippen LogP) is 1.23. The van der Waals surface area contributed by atoms with E-state index in [2.05, 4.69) is 39.9 Å². The monoisotopic (exact) mass is 600 g/mol. The molecule has 14 nitrogen and oxygen atoms in total. The van der Waals surface area contributed by atoms with Crippen molar-refractivity contribution in [2.24, 2.45) is 0 Å². The van der Waals surface area contributed by atoms with Crippen LogP contribution in [0.3, 0.4) is 0 Å². The summed E-state index contributed by atoms with van der Waals surface area (Å²) >= 11 is 0. The number of hydrogen-bond donors (Lipinski definition) is 3. The molecule has 234 valence electrons. The largest absolute Gasteiger partial charge is 0.446 e. The predicted molar refractivity (Wildman–Crippen MR) is 158 cm³/mol. The minimum absolute atomic E-state index is 0.00976. The zero-order valence-corrected chi connectivity index (χ0v) is 25.2. The van der Waals surface area contributed by atoms with E-state index >= 15 is 0 Å². The number of fused-ring (bicyclic) bond motifs is 1. The molecule has 3 N–H and O–H groups in total. The number of carbonyl (C=O) groups excluding carboxylic acids is 3. The first-order valence-electron chi connectivity index (χ1n) is 14.8. The highest BCUT2D eigenvalue weighted by atomic mass is 19.1. The van der Waals surface area contributed by atoms with Crippen LogP contribution in [-0.2, 0) is 14.3 Å². The van der Waals surface area contributed by atoms with Gasteiger partial charge < -0.3 is 35.4 Å². The van der Waals surface area contributed by atoms with Crippen LogP contribution in [0.1, 0.15) is 44.6 Å². The molecule has 3 aliphatic rings. The van der Waals surface area contributed by atoms with Gasteiger partial charge in [0, 0.05) is 50.3 Å². The molecule has 0 spiro atoms. The lowest BCUT2D eigenvalue weighted by Gasteiger charge is -2.43. The molecule has 0 unspecified atom stereocenters. The minimum atomic E-state index is -1.73. The third kappa shape index (κ3) is 7.32. The van der Waals surface area contributed by atoms with Crippen LogP contribution in [-0.4, -0.2) is 130 Å². The van der Waals surface area contributed by atoms with E-state index in [0.29, 0.717) is 63.0 Å². The zero-order valence-electron chi connectivity index (χ0n) is 25.2. The normalized spacial score (nSPS) is 20.6. The number of amides is 3. The fraction of sp³-hybridized carbons (Fsp3) is 0.643. The molecule has 0 aromatic carbocycles. The van der Waals surface area contributed by atoms with E-state index in [-0.39, 0.29) is 49.5 Å². The van der Waals surface area contributed by atoms with Crippen molar-refractivity contribution >= 4 is 35.5 Å². The van der Waals surface area contributed by atoms with Gasteiger partial charge in [-0.3, -0.25) is 9.59 Å². The van der Waals surface area contributed by atoms with Gasteiger partial charge in [-0.1, -0.05) is 19.9 Å². The van der Waals surface area contributed by atoms with Gasteiger partial charge in [-0.05, 0) is 32.9 Å². The number of alkyl halides is 1. The molecule has 2 aromatic heterocycles. The van der Waals surface area contributed by atoms with E-state index in [9.17, 15) is 18.8 Å². The van der Waals surface area contributed by atoms with Crippen molar-refractivity contribution in [2.45, 2.75) is 56.8 Å². The average molecular weight is 601 g/mol. The van der Waals surface area contributed by atoms with E-state index < -0.39 is 11.8 Å². The molecule has 3 amide bonds. The molecular weight excluding hydrogens is 559 g/mol. The summed E-state index contributed by atoms with van der Waals surface area (Å²) in [5.74, 6) is 0.887. The zero-order chi connectivity index (χ0) is 30.7. The highest BCUT2D eigenvalue weighted by molar-refractivity contribution is 5.88. The molecule has 3 aliphatic heterocycles. The molecule has 3 fully saturated rings. The van der Waals surface area contributed by atoms with Gasteiger partial charge in [0.15, 0.2) is 11.3 Å². The quantitative estimate of drug-likeness (QED) is 0.340. The molecule has 5 rings (SSSR count). The Morgan fingerprint density at radius 3 is 2.58 bits per heavy atom. The molecule has 15 heteroatoms. The highest BCUT2D eigenvalue weighted by Gasteiger charge is 2.46. The van der Waals surface area contributed by atoms with Crippen LogP contribution < -0.4 is 16.0 Å². The molecule has 43 heavy (non-hydrogen) atoms. The number of nitrogens with one attached hydrogen (secondary N) is 3. The van der Waals surface area contributed by atoms with Gasteiger partial charge >= 0.3 is 6.09 Å². The number of anilines is 2. The number of hydrogen-bond acceptors (Lipinski definition) is 10. The first-order valence-corrected chi connectivity index (χ1v) is 14.8. The highest BCUT2D eigenvalue weighted by Crippen LogP contribution is 2.27. The maximum absolute atomic E-state index is 15.0. The maximum Gasteiger partial charge on any atom is 0.409 e. The van der Waals surface area contributed by atoms with Gasteiger partial charge in [-0.15, -0.1) is 0 Å². The first-order chi connectivity index (χ1) is 20.5. The lowest BCUT2D eigenvalue weighted by Crippen LogP contribution is -2.63. The van der Waals surface area contributed by atoms with Gasteiger partial charge in [-0.25, -0.2) is 9.18 Å². The number of carbonyl (C=O) groups is 3. The van der Waals surface area contributed by atoms with Gasteiger partial charge in [0.05, 0.1) is 25.3 Å². The van der Waals surface area contributed by atoms with Gasteiger partial charge in [0.25, 0.3) is 0 Å². The average Bonchev–Trinajstić information content (AvgIpc) is 3.56. The Bertz CT molecular complexity index is 1360. The number of halogens is 1. The fourth-order valence-corrected chi connectivity index (χ4v) is 5.38. The summed E-state index contributed by atoms with van der Waals surface area (Å²) in [6, 6.07) is -0.0879. The van der Waals surface area contributed by atoms with Crippen LogP contribution in [0.5, 0.6) is 0 Å². The van der Waals surface area contributed by atoms with Crippen LogP contribution in [0.15, 0.2) is 18.3 Å². The second kappa shape index (κ2) is 12.7. The number of rotatable bonds is 10. The van der Waals surface area contributed by atoms with Gasteiger partial charge in [0.1, 0.15) is 6.61 Å². The second-order valence-electron chi connectivity index (χ2n) is 12.2. The number of ether oxygens (including phenoxy) is 1. The van der Waals surface area contributed by atoms with E-state index in [0.717, 1.165) is 5.56 Å². The molecule has 2 aromatic rings. The minimum Gasteiger partial charge on any atom is -0.446 e. The molecule has 5 heterocycles. The summed E-state index contributed by atoms with van der Waals surface area (Å²) in [5.41, 5.74) is -0.0584. The van der Waals surface area contributed by atoms with Crippen LogP contribution in [0.25, 0.3) is 5.65 Å². The lowest BCUT2D eigenvalue weighted by molar-refractivity contribution is -0.143. The van der Waals surface area contributed by atoms with Crippen molar-refractivity contribution in [1.82, 2.24) is 39.6 Å². The Balaban J connectivity index is 1.13. The first kappa shape index (κ1) is 30.4. The van der Waals surface area contributed by atoms with Crippen molar-refractivity contribution in [1.29, 1.82) is 0 Å². The maximum atomic E-state index is 15.0. The lowest BCUT2D eigenvalue weighted by atomic mass is 9.97. The van der Waals surface area contributed by atoms with E-state index in [4.69, 9.17) is 9.72 Å². The van der Waals surface area contributed by atoms with Crippen molar-refractivity contribution in [3.8, 4) is 0 Å². The Morgan fingerprint density at radius 2 is 1.93 bits per heavy atom. The Kier molecular flexibility index (Phi) is 8.99. The molecule has 0 saturated carbocycles. The van der Waals surface area contributed by atoms with E-state index in [1.807, 2.05) is 19.0 Å². The Morgan fingerprint density at radius 1 is 1.19 bits per heavy atom. The van der Waals surface area contributed by atoms with E-state index in [1.54, 1.807) is 21.7 Å². The number of likely N-dealkylation sites (tertiary alicyclic amines) is 2. The van der Waals surface area contributed by atoms with Crippen molar-refractivity contribution in [3.05, 3.63) is 23.9 Å². The van der Waals surface area contributed by atoms with Crippen molar-refractivity contribution in [3.63, 3.8) is 0 Å². The smallest absolute Gasteiger partial charge is 0.409 e. The van der Waals surface area contributed by atoms with Crippen LogP contribution in [0, 0.1) is 0 Å². The fourth-order valence-electron chi connectivity index (χ4n) is 5.38. The Hall–Kier alpha value is -4.01. The third-order valence-corrected chi connectivity index (χ3v) is 7.86. The molecule has 1 atom stereocenters. The standard InChI is InChI=1S/C28H41FN10O4/c1-18(2)21-14-31-39-24(21)34-25(32-20-12-22(40)30-13-20)35-26(39)33-19-7-10-37(11-8-19)27(42)43-17-28(29)15-38(16-28)23(41)6-5-9-36(3)4/h5-6,14,18-20H,7-13,15-17H2,1-4H3,(H,30,40)(H2,32,33,34,35)/b6-5+/t20-/m0/s1. The summed E-state index contributed by atoms with van der Waals surface area (Å²) in [5, 5.41) is 14.1. The van der Waals surface area contributed by atoms with Crippen molar-refractivity contribution < 1.29 is 23.5 Å². The summed E-state index contributed by atoms with van der Waals surface area (Å²) in [7, 11) is 3.79. The molecule has 0 radical (unpaired) electrons. The van der Waals surface area contributed by atoms with Gasteiger partial charge in [-0.2, -0.15) is 19.6 Å². The Labute approximate surface area is 250 Å². The number of nitrogens with zero attached hydrogens (tertiary/aromatic N) is 7. The summed E-state index contributed by atoms with van der Waals surface area (Å²) in [6.07, 6.45) is 6.03. The second-order valence-corrected chi connectivity index (χ2v) is 12.2. The summed E-state index contributed by atoms with van der Waals surface area (Å²) < 4.78 is 22.0. The number of likely N-dealkylation sites (N-methyl/N-ethyl adjacent to an activating group) is 1. The number of aromatic nitrogens is 4. The molecular formula is C28H41FN10O4. The van der Waals surface area contributed by atoms with Crippen LogP contribution >= 0.6 is 0 Å². The summed E-state index contributed by atoms with van der Waals surface area (Å²) in [6.45, 7) is 5.57. The van der Waals surface area contributed by atoms with Crippen LogP contribution in [0.2, 0.25) is 0 Å². The molecule has 0 aliphatic carbocycles. The third-order valence-electron chi connectivity index (χ3n) is 7.86. The van der Waals surface area contributed by atoms with E-state index in [1.165, 1.54) is 11.0 Å². The molecule has 3 saturated heterocycles. The summed E-state index contributed by atoms with van der Waals surface area (Å²) in [4.78, 5) is 50.8. The van der Waals surface area contributed by atoms with Crippen LogP contribution in [0.4, 0.5) is 21.1 Å². The topological polar surface area (TPSA) is 149 Å². The van der Waals surface area contributed by atoms with Crippen molar-refractivity contribution in [2.75, 3.05) is 70.6 Å². The SMILES string of the molecule is CC(C)c1cnn2c(NC3CCN(C(=O)OCC4(F)CN(C(=O)/C=C/CN(C)C)C4)CC3)nc(N[C@@H]3CNC(=O)C3)nc12.